The van der Waals surface area contributed by atoms with Gasteiger partial charge in [0.05, 0.1) is 0 Å². The fraction of sp³-hybridized carbons (Fsp3) is 0.143. The predicted octanol–water partition coefficient (Wildman–Crippen LogP) is -0.0624. The first-order valence-corrected chi connectivity index (χ1v) is 4.49. The molecule has 0 bridgehead atoms. The van der Waals surface area contributed by atoms with Crippen LogP contribution < -0.4 is 5.56 Å². The van der Waals surface area contributed by atoms with Gasteiger partial charge in [-0.15, -0.1) is 5.10 Å². The number of fused-ring (bicyclic) bond motifs is 1. The maximum Gasteiger partial charge on any atom is 0.323 e. The largest absolute Gasteiger partial charge is 0.480 e. The zero-order chi connectivity index (χ0) is 10.1. The van der Waals surface area contributed by atoms with Gasteiger partial charge in [-0.25, -0.2) is 0 Å². The van der Waals surface area contributed by atoms with E-state index in [4.69, 9.17) is 5.11 Å². The number of carboxylic acids is 1. The minimum absolute atomic E-state index is 0.341. The second-order valence-corrected chi connectivity index (χ2v) is 3.38. The predicted molar refractivity (Wildman–Crippen MR) is 49.3 cm³/mol. The number of carboxylic acid groups (broad SMARTS) is 1. The molecule has 0 aliphatic carbocycles. The zero-order valence-corrected chi connectivity index (χ0v) is 7.69. The van der Waals surface area contributed by atoms with Gasteiger partial charge in [-0.2, -0.15) is 0 Å². The van der Waals surface area contributed by atoms with E-state index >= 15 is 0 Å². The molecule has 0 aliphatic heterocycles. The summed E-state index contributed by atoms with van der Waals surface area (Å²) >= 11 is 0.968. The molecule has 2 rings (SSSR count). The molecule has 0 aromatic carbocycles. The lowest BCUT2D eigenvalue weighted by atomic mass is 10.4. The van der Waals surface area contributed by atoms with Gasteiger partial charge in [0, 0.05) is 6.20 Å². The number of pyridine rings is 1. The number of carbonyl (C=O) groups is 1. The van der Waals surface area contributed by atoms with Crippen molar-refractivity contribution in [2.24, 2.45) is 0 Å². The fourth-order valence-corrected chi connectivity index (χ4v) is 1.69. The summed E-state index contributed by atoms with van der Waals surface area (Å²) in [6, 6.07) is 1.57. The van der Waals surface area contributed by atoms with Crippen LogP contribution in [0.25, 0.3) is 10.2 Å². The fourth-order valence-electron chi connectivity index (χ4n) is 1.08. The van der Waals surface area contributed by atoms with Crippen LogP contribution in [-0.4, -0.2) is 25.2 Å². The molecular weight excluding hydrogens is 206 g/mol. The highest BCUT2D eigenvalue weighted by Crippen LogP contribution is 2.08. The molecule has 2 aromatic heterocycles. The van der Waals surface area contributed by atoms with Gasteiger partial charge in [-0.1, -0.05) is 4.49 Å². The zero-order valence-electron chi connectivity index (χ0n) is 6.88. The molecule has 0 atom stereocenters. The molecular formula is C7H5N3O3S. The number of hydrogen-bond donors (Lipinski definition) is 1. The van der Waals surface area contributed by atoms with Crippen LogP contribution in [-0.2, 0) is 11.3 Å². The summed E-state index contributed by atoms with van der Waals surface area (Å²) in [5.41, 5.74) is 0.140. The Bertz CT molecular complexity index is 544. The third kappa shape index (κ3) is 1.37. The van der Waals surface area contributed by atoms with E-state index in [-0.39, 0.29) is 12.1 Å². The monoisotopic (exact) mass is 211 g/mol. The van der Waals surface area contributed by atoms with Gasteiger partial charge in [0.25, 0.3) is 5.56 Å². The average Bonchev–Trinajstić information content (AvgIpc) is 2.57. The Morgan fingerprint density at radius 3 is 3.14 bits per heavy atom. The van der Waals surface area contributed by atoms with Crippen molar-refractivity contribution in [3.63, 3.8) is 0 Å². The highest BCUT2D eigenvalue weighted by Gasteiger charge is 2.07. The van der Waals surface area contributed by atoms with E-state index in [9.17, 15) is 9.59 Å². The maximum absolute atomic E-state index is 11.6. The van der Waals surface area contributed by atoms with Crippen LogP contribution in [0.5, 0.6) is 0 Å². The van der Waals surface area contributed by atoms with E-state index in [1.807, 2.05) is 0 Å². The summed E-state index contributed by atoms with van der Waals surface area (Å²) in [6.45, 7) is -0.341. The maximum atomic E-state index is 11.6. The van der Waals surface area contributed by atoms with Gasteiger partial charge in [0.1, 0.15) is 16.8 Å². The lowest BCUT2D eigenvalue weighted by Crippen LogP contribution is -2.22. The second kappa shape index (κ2) is 3.18. The first-order valence-electron chi connectivity index (χ1n) is 3.72. The van der Waals surface area contributed by atoms with E-state index in [1.54, 1.807) is 6.07 Å². The lowest BCUT2D eigenvalue weighted by Gasteiger charge is -1.99. The first kappa shape index (κ1) is 8.82. The van der Waals surface area contributed by atoms with Gasteiger partial charge >= 0.3 is 5.97 Å². The molecule has 14 heavy (non-hydrogen) atoms. The van der Waals surface area contributed by atoms with E-state index in [2.05, 4.69) is 9.59 Å². The summed E-state index contributed by atoms with van der Waals surface area (Å²) in [7, 11) is 0. The quantitative estimate of drug-likeness (QED) is 0.752. The molecule has 0 fully saturated rings. The first-order chi connectivity index (χ1) is 6.68. The van der Waals surface area contributed by atoms with Crippen LogP contribution in [0.2, 0.25) is 0 Å². The third-order valence-electron chi connectivity index (χ3n) is 1.69. The van der Waals surface area contributed by atoms with E-state index in [1.165, 1.54) is 6.20 Å². The Balaban J connectivity index is 2.62. The van der Waals surface area contributed by atoms with E-state index < -0.39 is 5.97 Å². The molecule has 7 heteroatoms. The number of aromatic nitrogens is 3. The Morgan fingerprint density at radius 2 is 2.43 bits per heavy atom. The summed E-state index contributed by atoms with van der Waals surface area (Å²) in [5, 5.41) is 12.2. The molecule has 0 amide bonds. The Hall–Kier alpha value is -1.76. The normalized spacial score (nSPS) is 10.6. The number of nitrogens with zero attached hydrogens (tertiary/aromatic N) is 3. The van der Waals surface area contributed by atoms with E-state index in [0.29, 0.717) is 10.2 Å². The average molecular weight is 211 g/mol. The van der Waals surface area contributed by atoms with Gasteiger partial charge in [-0.3, -0.25) is 9.59 Å². The van der Waals surface area contributed by atoms with Gasteiger partial charge in [-0.05, 0) is 17.6 Å². The van der Waals surface area contributed by atoms with Crippen molar-refractivity contribution < 1.29 is 9.90 Å². The molecule has 2 aromatic rings. The van der Waals surface area contributed by atoms with Crippen molar-refractivity contribution in [1.29, 1.82) is 0 Å². The molecule has 0 radical (unpaired) electrons. The minimum atomic E-state index is -1.05. The van der Waals surface area contributed by atoms with Crippen LogP contribution in [0.3, 0.4) is 0 Å². The lowest BCUT2D eigenvalue weighted by molar-refractivity contribution is -0.137. The molecule has 0 spiro atoms. The summed E-state index contributed by atoms with van der Waals surface area (Å²) in [4.78, 5) is 22.0. The molecule has 0 unspecified atom stereocenters. The Morgan fingerprint density at radius 1 is 1.64 bits per heavy atom. The number of rotatable bonds is 2. The van der Waals surface area contributed by atoms with Crippen LogP contribution >= 0.6 is 11.5 Å². The topological polar surface area (TPSA) is 85.1 Å². The Kier molecular flexibility index (Phi) is 2.01. The van der Waals surface area contributed by atoms with Crippen LogP contribution in [0, 0.1) is 0 Å². The van der Waals surface area contributed by atoms with Gasteiger partial charge in [0.15, 0.2) is 0 Å². The molecule has 2 heterocycles. The SMILES string of the molecule is O=C(O)Cn1ccc2nnsc2c1=O. The van der Waals surface area contributed by atoms with Crippen LogP contribution in [0.4, 0.5) is 0 Å². The Labute approximate surface area is 81.6 Å². The summed E-state index contributed by atoms with van der Waals surface area (Å²) in [5.74, 6) is -1.05. The highest BCUT2D eigenvalue weighted by atomic mass is 32.1. The molecule has 6 nitrogen and oxygen atoms in total. The molecule has 0 saturated carbocycles. The van der Waals surface area contributed by atoms with E-state index in [0.717, 1.165) is 16.1 Å². The van der Waals surface area contributed by atoms with Crippen LogP contribution in [0.15, 0.2) is 17.1 Å². The minimum Gasteiger partial charge on any atom is -0.480 e. The third-order valence-corrected chi connectivity index (χ3v) is 2.42. The van der Waals surface area contributed by atoms with Crippen molar-refractivity contribution >= 4 is 27.7 Å². The number of hydrogen-bond acceptors (Lipinski definition) is 5. The van der Waals surface area contributed by atoms with Gasteiger partial charge < -0.3 is 9.67 Å². The van der Waals surface area contributed by atoms with Crippen molar-refractivity contribution in [1.82, 2.24) is 14.2 Å². The second-order valence-electron chi connectivity index (χ2n) is 2.63. The standard InChI is InChI=1S/C7H5N3O3S/c11-5(12)3-10-2-1-4-6(7(10)13)14-9-8-4/h1-2H,3H2,(H,11,12). The highest BCUT2D eigenvalue weighted by molar-refractivity contribution is 7.12. The molecule has 1 N–H and O–H groups in total. The summed E-state index contributed by atoms with van der Waals surface area (Å²) in [6.07, 6.45) is 1.40. The van der Waals surface area contributed by atoms with Crippen LogP contribution in [0.1, 0.15) is 0 Å². The smallest absolute Gasteiger partial charge is 0.323 e. The van der Waals surface area contributed by atoms with Crippen molar-refractivity contribution in [3.05, 3.63) is 22.6 Å². The van der Waals surface area contributed by atoms with Gasteiger partial charge in [0.2, 0.25) is 0 Å². The summed E-state index contributed by atoms with van der Waals surface area (Å²) < 4.78 is 5.11. The van der Waals surface area contributed by atoms with Crippen molar-refractivity contribution in [2.75, 3.05) is 0 Å². The molecule has 72 valence electrons. The van der Waals surface area contributed by atoms with Crippen molar-refractivity contribution in [3.8, 4) is 0 Å². The molecule has 0 saturated heterocycles. The molecule has 0 aliphatic rings. The van der Waals surface area contributed by atoms with Crippen molar-refractivity contribution in [2.45, 2.75) is 6.54 Å². The number of aliphatic carboxylic acids is 1.